The third kappa shape index (κ3) is 4.45. The van der Waals surface area contributed by atoms with Crippen molar-refractivity contribution < 1.29 is 0 Å². The zero-order chi connectivity index (χ0) is 39.0. The largest absolute Gasteiger partial charge is 0.216 e. The summed E-state index contributed by atoms with van der Waals surface area (Å²) in [5.41, 5.74) is 15.0. The molecule has 0 saturated heterocycles. The fourth-order valence-corrected chi connectivity index (χ4v) is 14.2. The van der Waals surface area contributed by atoms with E-state index in [2.05, 4.69) is 173 Å². The van der Waals surface area contributed by atoms with Crippen molar-refractivity contribution in [2.24, 2.45) is 0 Å². The van der Waals surface area contributed by atoms with E-state index in [4.69, 9.17) is 0 Å². The lowest BCUT2D eigenvalue weighted by molar-refractivity contribution is 0.243. The minimum absolute atomic E-state index is 0.152. The van der Waals surface area contributed by atoms with Crippen LogP contribution in [-0.2, 0) is 10.8 Å². The summed E-state index contributed by atoms with van der Waals surface area (Å²) in [6, 6.07) is 57.1. The van der Waals surface area contributed by atoms with Gasteiger partial charge < -0.3 is 0 Å². The highest BCUT2D eigenvalue weighted by Gasteiger charge is 2.61. The summed E-state index contributed by atoms with van der Waals surface area (Å²) >= 11 is 0. The molecule has 282 valence electrons. The standard InChI is InChI=1S/C56H52B2/c1-53-31-11-13-33-55(53,3)57(41-15-7-5-8-16-41)49-29-23-39(35-47(49)53)43-25-19-37-22-28-46-44(26-20-38-21-27-45(43)51(37)52(38)46)40-24-30-50-48(36-40)54(2)32-12-14-34-56(54,4)58(50)42-17-9-6-10-18-42/h5-10,15-30,35-36H,11-14,31-34H2,1-4H3. The molecule has 2 heterocycles. The zero-order valence-corrected chi connectivity index (χ0v) is 34.7. The summed E-state index contributed by atoms with van der Waals surface area (Å²) in [7, 11) is 0. The molecule has 4 atom stereocenters. The van der Waals surface area contributed by atoms with Gasteiger partial charge in [-0.2, -0.15) is 0 Å². The van der Waals surface area contributed by atoms with Gasteiger partial charge in [-0.05, 0) is 100.0 Å². The normalized spacial score (nSPS) is 26.3. The molecule has 8 aromatic rings. The second kappa shape index (κ2) is 12.2. The average Bonchev–Trinajstić information content (AvgIpc) is 3.60. The lowest BCUT2D eigenvalue weighted by Gasteiger charge is -2.48. The van der Waals surface area contributed by atoms with E-state index in [9.17, 15) is 0 Å². The van der Waals surface area contributed by atoms with E-state index < -0.39 is 0 Å². The second-order valence-electron chi connectivity index (χ2n) is 19.9. The van der Waals surface area contributed by atoms with Crippen LogP contribution < -0.4 is 21.9 Å². The highest BCUT2D eigenvalue weighted by Crippen LogP contribution is 2.63. The maximum Gasteiger partial charge on any atom is 0.216 e. The van der Waals surface area contributed by atoms with E-state index in [1.54, 1.807) is 22.1 Å². The molecule has 12 rings (SSSR count). The smallest absolute Gasteiger partial charge is 0.0735 e. The molecule has 2 aliphatic carbocycles. The summed E-state index contributed by atoms with van der Waals surface area (Å²) < 4.78 is 0. The topological polar surface area (TPSA) is 0 Å². The molecule has 0 radical (unpaired) electrons. The van der Waals surface area contributed by atoms with Gasteiger partial charge in [0.15, 0.2) is 0 Å². The van der Waals surface area contributed by atoms with Gasteiger partial charge in [0.05, 0.1) is 0 Å². The van der Waals surface area contributed by atoms with Crippen molar-refractivity contribution in [3.8, 4) is 22.3 Å². The molecule has 4 unspecified atom stereocenters. The molecule has 2 heteroatoms. The average molecular weight is 747 g/mol. The van der Waals surface area contributed by atoms with Crippen molar-refractivity contribution in [1.82, 2.24) is 0 Å². The second-order valence-corrected chi connectivity index (χ2v) is 19.9. The van der Waals surface area contributed by atoms with Gasteiger partial charge >= 0.3 is 0 Å². The Morgan fingerprint density at radius 2 is 0.793 bits per heavy atom. The Morgan fingerprint density at radius 3 is 1.22 bits per heavy atom. The van der Waals surface area contributed by atoms with E-state index >= 15 is 0 Å². The van der Waals surface area contributed by atoms with Gasteiger partial charge in [-0.15, -0.1) is 0 Å². The molecule has 2 saturated carbocycles. The predicted octanol–water partition coefficient (Wildman–Crippen LogP) is 12.3. The van der Waals surface area contributed by atoms with Crippen molar-refractivity contribution in [2.75, 3.05) is 0 Å². The number of fused-ring (bicyclic) bond motifs is 6. The van der Waals surface area contributed by atoms with Gasteiger partial charge in [-0.1, -0.05) is 234 Å². The highest BCUT2D eigenvalue weighted by molar-refractivity contribution is 6.90. The Labute approximate surface area is 345 Å². The maximum atomic E-state index is 2.62. The highest BCUT2D eigenvalue weighted by atomic mass is 14.5. The van der Waals surface area contributed by atoms with Crippen LogP contribution in [0.5, 0.6) is 0 Å². The van der Waals surface area contributed by atoms with Gasteiger partial charge in [-0.25, -0.2) is 0 Å². The van der Waals surface area contributed by atoms with E-state index in [0.29, 0.717) is 13.4 Å². The van der Waals surface area contributed by atoms with Crippen LogP contribution >= 0.6 is 0 Å². The molecule has 2 aliphatic heterocycles. The van der Waals surface area contributed by atoms with E-state index in [1.807, 2.05) is 0 Å². The van der Waals surface area contributed by atoms with Crippen LogP contribution in [0.4, 0.5) is 0 Å². The first kappa shape index (κ1) is 34.9. The number of hydrogen-bond donors (Lipinski definition) is 0. The summed E-state index contributed by atoms with van der Waals surface area (Å²) in [5.74, 6) is 0. The molecule has 0 bridgehead atoms. The molecule has 0 N–H and O–H groups in total. The fourth-order valence-electron chi connectivity index (χ4n) is 14.2. The van der Waals surface area contributed by atoms with Gasteiger partial charge in [0.2, 0.25) is 13.4 Å². The van der Waals surface area contributed by atoms with Crippen LogP contribution in [0.25, 0.3) is 54.6 Å². The molecule has 58 heavy (non-hydrogen) atoms. The predicted molar refractivity (Wildman–Crippen MR) is 252 cm³/mol. The number of hydrogen-bond acceptors (Lipinski definition) is 0. The SMILES string of the molecule is CC12CCCCC1(C)c1cc(-c3ccc4ccc5c(-c6ccc7c(c6)C6(C)CCCCC6(C)B7c6ccccc6)ccc6ccc3c4c65)ccc1B2c1ccccc1. The van der Waals surface area contributed by atoms with Crippen LogP contribution in [0.3, 0.4) is 0 Å². The van der Waals surface area contributed by atoms with Crippen molar-refractivity contribution >= 4 is 67.6 Å². The minimum Gasteiger partial charge on any atom is -0.0735 e. The van der Waals surface area contributed by atoms with Gasteiger partial charge in [0, 0.05) is 0 Å². The van der Waals surface area contributed by atoms with Crippen molar-refractivity contribution in [2.45, 2.75) is 101 Å². The first-order chi connectivity index (χ1) is 28.2. The van der Waals surface area contributed by atoms with E-state index in [1.165, 1.54) is 117 Å². The molecular formula is C56H52B2. The molecule has 0 amide bonds. The molecular weight excluding hydrogens is 694 g/mol. The summed E-state index contributed by atoms with van der Waals surface area (Å²) in [5, 5.41) is 8.62. The Bertz CT molecular complexity index is 2730. The monoisotopic (exact) mass is 746 g/mol. The summed E-state index contributed by atoms with van der Waals surface area (Å²) in [4.78, 5) is 0. The quantitative estimate of drug-likeness (QED) is 0.124. The third-order valence-electron chi connectivity index (χ3n) is 17.5. The zero-order valence-electron chi connectivity index (χ0n) is 34.7. The van der Waals surface area contributed by atoms with Crippen LogP contribution in [0, 0.1) is 0 Å². The van der Waals surface area contributed by atoms with E-state index in [0.717, 1.165) is 0 Å². The molecule has 4 aliphatic rings. The van der Waals surface area contributed by atoms with Crippen LogP contribution in [0.15, 0.2) is 146 Å². The van der Waals surface area contributed by atoms with Crippen molar-refractivity contribution in [3.63, 3.8) is 0 Å². The summed E-state index contributed by atoms with van der Waals surface area (Å²) in [6.45, 7) is 11.3. The van der Waals surface area contributed by atoms with Gasteiger partial charge in [0.1, 0.15) is 0 Å². The lowest BCUT2D eigenvalue weighted by Crippen LogP contribution is -2.51. The third-order valence-corrected chi connectivity index (χ3v) is 17.5. The van der Waals surface area contributed by atoms with Crippen molar-refractivity contribution in [3.05, 3.63) is 157 Å². The van der Waals surface area contributed by atoms with Gasteiger partial charge in [0.25, 0.3) is 0 Å². The molecule has 2 fully saturated rings. The molecule has 0 spiro atoms. The summed E-state index contributed by atoms with van der Waals surface area (Å²) in [6.07, 6.45) is 10.4. The fraction of sp³-hybridized carbons (Fsp3) is 0.286. The molecule has 0 nitrogen and oxygen atoms in total. The maximum absolute atomic E-state index is 2.62. The Morgan fingerprint density at radius 1 is 0.397 bits per heavy atom. The Hall–Kier alpha value is -5.07. The first-order valence-corrected chi connectivity index (χ1v) is 22.3. The number of benzene rings is 8. The Kier molecular flexibility index (Phi) is 7.37. The van der Waals surface area contributed by atoms with Gasteiger partial charge in [-0.3, -0.25) is 0 Å². The lowest BCUT2D eigenvalue weighted by atomic mass is 9.26. The van der Waals surface area contributed by atoms with Crippen LogP contribution in [0.1, 0.15) is 90.2 Å². The Balaban J connectivity index is 1.02. The van der Waals surface area contributed by atoms with E-state index in [-0.39, 0.29) is 21.5 Å². The molecule has 0 aromatic heterocycles. The van der Waals surface area contributed by atoms with Crippen LogP contribution in [0.2, 0.25) is 10.6 Å². The first-order valence-electron chi connectivity index (χ1n) is 22.3. The minimum atomic E-state index is 0.152. The molecule has 8 aromatic carbocycles. The number of rotatable bonds is 4. The van der Waals surface area contributed by atoms with Crippen molar-refractivity contribution in [1.29, 1.82) is 0 Å². The van der Waals surface area contributed by atoms with Crippen LogP contribution in [-0.4, -0.2) is 13.4 Å².